The summed E-state index contributed by atoms with van der Waals surface area (Å²) >= 11 is 0. The van der Waals surface area contributed by atoms with E-state index in [1.54, 1.807) is 18.2 Å². The van der Waals surface area contributed by atoms with Crippen molar-refractivity contribution in [3.05, 3.63) is 48.1 Å². The van der Waals surface area contributed by atoms with E-state index in [9.17, 15) is 8.42 Å². The fourth-order valence-electron chi connectivity index (χ4n) is 2.82. The molecule has 3 aromatic rings. The van der Waals surface area contributed by atoms with E-state index in [2.05, 4.69) is 10.1 Å². The van der Waals surface area contributed by atoms with Crippen molar-refractivity contribution >= 4 is 26.5 Å². The van der Waals surface area contributed by atoms with Crippen LogP contribution in [0.4, 0.5) is 5.69 Å². The Kier molecular flexibility index (Phi) is 2.96. The molecule has 2 heterocycles. The van der Waals surface area contributed by atoms with Gasteiger partial charge in [0.05, 0.1) is 17.1 Å². The molecule has 4 rings (SSSR count). The quantitative estimate of drug-likeness (QED) is 0.738. The molecule has 2 aromatic carbocycles. The monoisotopic (exact) mass is 329 g/mol. The van der Waals surface area contributed by atoms with Crippen LogP contribution in [0, 0.1) is 0 Å². The Morgan fingerprint density at radius 2 is 1.91 bits per heavy atom. The average Bonchev–Trinajstić information content (AvgIpc) is 3.07. The van der Waals surface area contributed by atoms with Crippen molar-refractivity contribution in [2.45, 2.75) is 31.2 Å². The van der Waals surface area contributed by atoms with E-state index in [1.807, 2.05) is 32.0 Å². The molecule has 1 aliphatic rings. The molecule has 118 valence electrons. The van der Waals surface area contributed by atoms with Gasteiger partial charge in [-0.1, -0.05) is 43.3 Å². The molecule has 0 saturated heterocycles. The van der Waals surface area contributed by atoms with Crippen molar-refractivity contribution in [2.24, 2.45) is 0 Å². The number of nitrogens with zero attached hydrogens (tertiary/aromatic N) is 3. The molecule has 6 nitrogen and oxygen atoms in total. The van der Waals surface area contributed by atoms with Crippen LogP contribution in [-0.2, 0) is 16.6 Å². The number of hydrogen-bond acceptors (Lipinski definition) is 5. The minimum absolute atomic E-state index is 0.0619. The third-order valence-corrected chi connectivity index (χ3v) is 5.75. The highest BCUT2D eigenvalue weighted by Crippen LogP contribution is 2.42. The number of sulfonamides is 1. The second-order valence-electron chi connectivity index (χ2n) is 5.85. The van der Waals surface area contributed by atoms with Gasteiger partial charge in [-0.15, -0.1) is 0 Å². The van der Waals surface area contributed by atoms with Gasteiger partial charge in [0.1, 0.15) is 0 Å². The van der Waals surface area contributed by atoms with Crippen LogP contribution < -0.4 is 4.31 Å². The summed E-state index contributed by atoms with van der Waals surface area (Å²) in [6.45, 7) is 3.95. The van der Waals surface area contributed by atoms with Gasteiger partial charge in [0.2, 0.25) is 5.89 Å². The number of benzene rings is 2. The second-order valence-corrected chi connectivity index (χ2v) is 7.68. The molecule has 1 aromatic heterocycles. The summed E-state index contributed by atoms with van der Waals surface area (Å²) in [5, 5.41) is 5.56. The van der Waals surface area contributed by atoms with Crippen molar-refractivity contribution in [1.29, 1.82) is 0 Å². The van der Waals surface area contributed by atoms with Crippen LogP contribution in [0.5, 0.6) is 0 Å². The summed E-state index contributed by atoms with van der Waals surface area (Å²) in [7, 11) is -3.60. The topological polar surface area (TPSA) is 76.3 Å². The highest BCUT2D eigenvalue weighted by Gasteiger charge is 2.36. The Labute approximate surface area is 133 Å². The average molecular weight is 329 g/mol. The largest absolute Gasteiger partial charge is 0.339 e. The van der Waals surface area contributed by atoms with E-state index in [1.165, 1.54) is 4.31 Å². The minimum Gasteiger partial charge on any atom is -0.339 e. The summed E-state index contributed by atoms with van der Waals surface area (Å²) in [6.07, 6.45) is 0. The maximum Gasteiger partial charge on any atom is 0.265 e. The molecule has 0 unspecified atom stereocenters. The molecule has 7 heteroatoms. The SMILES string of the molecule is CC(C)c1nc(CN2c3cccc4cccc(c34)S2(=O)=O)no1. The lowest BCUT2D eigenvalue weighted by Crippen LogP contribution is -2.27. The van der Waals surface area contributed by atoms with Gasteiger partial charge in [-0.25, -0.2) is 8.42 Å². The Morgan fingerprint density at radius 1 is 1.17 bits per heavy atom. The fourth-order valence-corrected chi connectivity index (χ4v) is 4.49. The van der Waals surface area contributed by atoms with Crippen molar-refractivity contribution in [3.63, 3.8) is 0 Å². The first-order valence-corrected chi connectivity index (χ1v) is 8.79. The van der Waals surface area contributed by atoms with Gasteiger partial charge in [-0.2, -0.15) is 4.98 Å². The molecule has 0 spiro atoms. The normalized spacial score (nSPS) is 15.7. The molecule has 0 radical (unpaired) electrons. The lowest BCUT2D eigenvalue weighted by Gasteiger charge is -2.16. The van der Waals surface area contributed by atoms with Crippen LogP contribution in [-0.4, -0.2) is 18.6 Å². The van der Waals surface area contributed by atoms with Gasteiger partial charge in [0.15, 0.2) is 5.82 Å². The summed E-state index contributed by atoms with van der Waals surface area (Å²) in [5.74, 6) is 0.974. The van der Waals surface area contributed by atoms with E-state index in [0.29, 0.717) is 22.3 Å². The minimum atomic E-state index is -3.60. The zero-order valence-electron chi connectivity index (χ0n) is 12.7. The predicted octanol–water partition coefficient (Wildman–Crippen LogP) is 3.06. The highest BCUT2D eigenvalue weighted by atomic mass is 32.2. The van der Waals surface area contributed by atoms with E-state index >= 15 is 0 Å². The summed E-state index contributed by atoms with van der Waals surface area (Å²) in [4.78, 5) is 4.61. The van der Waals surface area contributed by atoms with Gasteiger partial charge >= 0.3 is 0 Å². The van der Waals surface area contributed by atoms with Gasteiger partial charge in [0, 0.05) is 11.3 Å². The lowest BCUT2D eigenvalue weighted by atomic mass is 10.1. The van der Waals surface area contributed by atoms with Gasteiger partial charge < -0.3 is 4.52 Å². The molecule has 0 N–H and O–H groups in total. The van der Waals surface area contributed by atoms with E-state index in [4.69, 9.17) is 4.52 Å². The molecule has 23 heavy (non-hydrogen) atoms. The van der Waals surface area contributed by atoms with E-state index in [-0.39, 0.29) is 12.5 Å². The Morgan fingerprint density at radius 3 is 2.61 bits per heavy atom. The molecule has 0 atom stereocenters. The molecule has 0 saturated carbocycles. The second kappa shape index (κ2) is 4.79. The Bertz CT molecular complexity index is 1000. The Hall–Kier alpha value is -2.41. The zero-order valence-corrected chi connectivity index (χ0v) is 13.5. The zero-order chi connectivity index (χ0) is 16.2. The molecular weight excluding hydrogens is 314 g/mol. The first-order valence-electron chi connectivity index (χ1n) is 7.35. The Balaban J connectivity index is 1.82. The molecule has 1 aliphatic heterocycles. The van der Waals surface area contributed by atoms with E-state index in [0.717, 1.165) is 10.8 Å². The van der Waals surface area contributed by atoms with Crippen LogP contribution in [0.25, 0.3) is 10.8 Å². The van der Waals surface area contributed by atoms with Crippen molar-refractivity contribution < 1.29 is 12.9 Å². The van der Waals surface area contributed by atoms with Crippen molar-refractivity contribution in [1.82, 2.24) is 10.1 Å². The van der Waals surface area contributed by atoms with Crippen LogP contribution in [0.2, 0.25) is 0 Å². The first-order chi connectivity index (χ1) is 11.0. The molecule has 0 fully saturated rings. The highest BCUT2D eigenvalue weighted by molar-refractivity contribution is 7.93. The third kappa shape index (κ3) is 2.03. The first kappa shape index (κ1) is 14.2. The summed E-state index contributed by atoms with van der Waals surface area (Å²) in [6, 6.07) is 10.9. The van der Waals surface area contributed by atoms with Crippen LogP contribution >= 0.6 is 0 Å². The van der Waals surface area contributed by atoms with Crippen molar-refractivity contribution in [2.75, 3.05) is 4.31 Å². The van der Waals surface area contributed by atoms with Crippen LogP contribution in [0.1, 0.15) is 31.5 Å². The van der Waals surface area contributed by atoms with E-state index < -0.39 is 10.0 Å². The molecule has 0 aliphatic carbocycles. The smallest absolute Gasteiger partial charge is 0.265 e. The standard InChI is InChI=1S/C16H15N3O3S/c1-10(2)16-17-14(18-22-16)9-19-12-7-3-5-11-6-4-8-13(15(11)12)23(19,20)21/h3-8,10H,9H2,1-2H3. The van der Waals surface area contributed by atoms with Gasteiger partial charge in [0.25, 0.3) is 10.0 Å². The number of hydrogen-bond donors (Lipinski definition) is 0. The molecule has 0 amide bonds. The van der Waals surface area contributed by atoms with Gasteiger partial charge in [-0.05, 0) is 17.5 Å². The number of rotatable bonds is 3. The predicted molar refractivity (Wildman–Crippen MR) is 85.7 cm³/mol. The molecule has 0 bridgehead atoms. The van der Waals surface area contributed by atoms with Crippen LogP contribution in [0.15, 0.2) is 45.8 Å². The third-order valence-electron chi connectivity index (χ3n) is 3.94. The van der Waals surface area contributed by atoms with Crippen molar-refractivity contribution in [3.8, 4) is 0 Å². The summed E-state index contributed by atoms with van der Waals surface area (Å²) < 4.78 is 32.2. The maximum absolute atomic E-state index is 12.8. The number of anilines is 1. The summed E-state index contributed by atoms with van der Waals surface area (Å²) in [5.41, 5.74) is 0.661. The molecular formula is C16H15N3O3S. The lowest BCUT2D eigenvalue weighted by molar-refractivity contribution is 0.361. The van der Waals surface area contributed by atoms with Gasteiger partial charge in [-0.3, -0.25) is 4.31 Å². The fraction of sp³-hybridized carbons (Fsp3) is 0.250. The number of aromatic nitrogens is 2. The maximum atomic E-state index is 12.8. The van der Waals surface area contributed by atoms with Crippen LogP contribution in [0.3, 0.4) is 0 Å².